The van der Waals surface area contributed by atoms with Crippen LogP contribution in [0.25, 0.3) is 11.3 Å². The molecule has 0 unspecified atom stereocenters. The van der Waals surface area contributed by atoms with Crippen LogP contribution in [0.2, 0.25) is 0 Å². The summed E-state index contributed by atoms with van der Waals surface area (Å²) in [6.07, 6.45) is -12.2. The molecule has 0 atom stereocenters. The Labute approximate surface area is 173 Å². The van der Waals surface area contributed by atoms with Gasteiger partial charge in [0.2, 0.25) is 17.3 Å². The Hall–Kier alpha value is -3.64. The fourth-order valence-electron chi connectivity index (χ4n) is 3.03. The maximum absolute atomic E-state index is 14.2. The van der Waals surface area contributed by atoms with Crippen molar-refractivity contribution >= 4 is 5.97 Å². The molecule has 3 heterocycles. The monoisotopic (exact) mass is 463 g/mol. The maximum atomic E-state index is 14.2. The predicted molar refractivity (Wildman–Crippen MR) is 91.5 cm³/mol. The lowest BCUT2D eigenvalue weighted by molar-refractivity contribution is -0.290. The summed E-state index contributed by atoms with van der Waals surface area (Å²) >= 11 is 0. The zero-order chi connectivity index (χ0) is 23.9. The lowest BCUT2D eigenvalue weighted by Gasteiger charge is -2.36. The van der Waals surface area contributed by atoms with E-state index < -0.39 is 64.0 Å². The van der Waals surface area contributed by atoms with Crippen LogP contribution in [0.1, 0.15) is 21.9 Å². The number of alkyl halides is 6. The van der Waals surface area contributed by atoms with Gasteiger partial charge < -0.3 is 5.11 Å². The molecule has 5 nitrogen and oxygen atoms in total. The van der Waals surface area contributed by atoms with E-state index >= 15 is 0 Å². The molecule has 0 radical (unpaired) electrons. The number of carboxylic acid groups (broad SMARTS) is 1. The molecule has 3 aromatic heterocycles. The molecular weight excluding hydrogens is 454 g/mol. The molecule has 0 bridgehead atoms. The number of pyridine rings is 3. The number of carbonyl (C=O) groups is 1. The standard InChI is InChI=1S/C19H9F8N3O2/c20-14-8-7-9(15(21)30-14)10-3-1-5-12(28-10)17(18(22,23)24,19(25,26)27)13-6-2-4-11(29-13)16(31)32/h1-8H,(H,31,32). The van der Waals surface area contributed by atoms with Crippen LogP contribution >= 0.6 is 0 Å². The highest BCUT2D eigenvalue weighted by Crippen LogP contribution is 2.55. The van der Waals surface area contributed by atoms with Crippen molar-refractivity contribution < 1.29 is 45.0 Å². The van der Waals surface area contributed by atoms with E-state index in [-0.39, 0.29) is 0 Å². The largest absolute Gasteiger partial charge is 0.477 e. The summed E-state index contributed by atoms with van der Waals surface area (Å²) in [6.45, 7) is 0. The predicted octanol–water partition coefficient (Wildman–Crippen LogP) is 4.93. The molecule has 0 aliphatic carbocycles. The van der Waals surface area contributed by atoms with Gasteiger partial charge in [-0.25, -0.2) is 9.78 Å². The van der Waals surface area contributed by atoms with Crippen LogP contribution < -0.4 is 0 Å². The molecule has 0 aromatic carbocycles. The first-order chi connectivity index (χ1) is 14.8. The van der Waals surface area contributed by atoms with E-state index in [4.69, 9.17) is 5.11 Å². The number of hydrogen-bond donors (Lipinski definition) is 1. The van der Waals surface area contributed by atoms with Crippen molar-refractivity contribution in [2.75, 3.05) is 0 Å². The highest BCUT2D eigenvalue weighted by molar-refractivity contribution is 5.85. The molecule has 0 saturated heterocycles. The molecular formula is C19H9F8N3O2. The van der Waals surface area contributed by atoms with Gasteiger partial charge in [-0.2, -0.15) is 40.1 Å². The first-order valence-corrected chi connectivity index (χ1v) is 8.43. The number of aromatic carboxylic acids is 1. The Balaban J connectivity index is 2.38. The van der Waals surface area contributed by atoms with Gasteiger partial charge in [-0.15, -0.1) is 0 Å². The summed E-state index contributed by atoms with van der Waals surface area (Å²) < 4.78 is 112. The molecule has 13 heteroatoms. The molecule has 0 fully saturated rings. The number of hydrogen-bond acceptors (Lipinski definition) is 4. The highest BCUT2D eigenvalue weighted by atomic mass is 19.4. The highest BCUT2D eigenvalue weighted by Gasteiger charge is 2.74. The van der Waals surface area contributed by atoms with Gasteiger partial charge in [-0.05, 0) is 36.4 Å². The summed E-state index contributed by atoms with van der Waals surface area (Å²) in [7, 11) is 0. The second-order valence-electron chi connectivity index (χ2n) is 6.34. The van der Waals surface area contributed by atoms with Gasteiger partial charge in [-0.1, -0.05) is 12.1 Å². The minimum atomic E-state index is -6.10. The van der Waals surface area contributed by atoms with E-state index in [1.54, 1.807) is 0 Å². The van der Waals surface area contributed by atoms with Crippen LogP contribution in [0.3, 0.4) is 0 Å². The molecule has 0 aliphatic heterocycles. The van der Waals surface area contributed by atoms with Crippen LogP contribution in [0.5, 0.6) is 0 Å². The van der Waals surface area contributed by atoms with Gasteiger partial charge >= 0.3 is 18.3 Å². The van der Waals surface area contributed by atoms with Crippen molar-refractivity contribution in [3.8, 4) is 11.3 Å². The smallest absolute Gasteiger partial charge is 0.414 e. The van der Waals surface area contributed by atoms with E-state index in [9.17, 15) is 39.9 Å². The van der Waals surface area contributed by atoms with Gasteiger partial charge in [-0.3, -0.25) is 4.98 Å². The minimum absolute atomic E-state index is 0.363. The normalized spacial score (nSPS) is 12.6. The topological polar surface area (TPSA) is 76.0 Å². The maximum Gasteiger partial charge on any atom is 0.414 e. The summed E-state index contributed by atoms with van der Waals surface area (Å²) in [4.78, 5) is 20.4. The summed E-state index contributed by atoms with van der Waals surface area (Å²) in [6, 6.07) is 5.20. The van der Waals surface area contributed by atoms with Crippen molar-refractivity contribution in [2.45, 2.75) is 17.8 Å². The SMILES string of the molecule is O=C(O)c1cccc(C(c2cccc(-c3ccc(F)nc3F)n2)(C(F)(F)F)C(F)(F)F)n1. The van der Waals surface area contributed by atoms with Crippen LogP contribution in [-0.4, -0.2) is 38.4 Å². The number of aromatic nitrogens is 3. The van der Waals surface area contributed by atoms with Crippen LogP contribution in [-0.2, 0) is 5.41 Å². The molecule has 3 rings (SSSR count). The summed E-state index contributed by atoms with van der Waals surface area (Å²) in [5.41, 5.74) is -10.6. The van der Waals surface area contributed by atoms with Gasteiger partial charge in [0.1, 0.15) is 5.69 Å². The van der Waals surface area contributed by atoms with E-state index in [0.717, 1.165) is 18.2 Å². The number of carboxylic acids is 1. The fraction of sp³-hybridized carbons (Fsp3) is 0.158. The van der Waals surface area contributed by atoms with Crippen molar-refractivity contribution in [2.24, 2.45) is 0 Å². The van der Waals surface area contributed by atoms with Crippen molar-refractivity contribution in [1.82, 2.24) is 15.0 Å². The summed E-state index contributed by atoms with van der Waals surface area (Å²) in [5.74, 6) is -4.63. The molecule has 0 aliphatic rings. The Morgan fingerprint density at radius 3 is 1.84 bits per heavy atom. The summed E-state index contributed by atoms with van der Waals surface area (Å²) in [5, 5.41) is 8.98. The van der Waals surface area contributed by atoms with Crippen molar-refractivity contribution in [1.29, 1.82) is 0 Å². The molecule has 32 heavy (non-hydrogen) atoms. The van der Waals surface area contributed by atoms with E-state index in [1.807, 2.05) is 0 Å². The van der Waals surface area contributed by atoms with E-state index in [2.05, 4.69) is 15.0 Å². The Bertz CT molecular complexity index is 1160. The molecule has 3 aromatic rings. The van der Waals surface area contributed by atoms with Crippen LogP contribution in [0, 0.1) is 11.9 Å². The lowest BCUT2D eigenvalue weighted by atomic mass is 9.78. The van der Waals surface area contributed by atoms with Gasteiger partial charge in [0.15, 0.2) is 0 Å². The molecule has 0 saturated carbocycles. The Morgan fingerprint density at radius 2 is 1.31 bits per heavy atom. The Morgan fingerprint density at radius 1 is 0.750 bits per heavy atom. The molecule has 0 amide bonds. The number of halogens is 8. The quantitative estimate of drug-likeness (QED) is 0.439. The minimum Gasteiger partial charge on any atom is -0.477 e. The third-order valence-corrected chi connectivity index (χ3v) is 4.43. The van der Waals surface area contributed by atoms with Crippen molar-refractivity contribution in [3.63, 3.8) is 0 Å². The second kappa shape index (κ2) is 7.80. The van der Waals surface area contributed by atoms with Gasteiger partial charge in [0.05, 0.1) is 22.6 Å². The zero-order valence-corrected chi connectivity index (χ0v) is 15.3. The van der Waals surface area contributed by atoms with Gasteiger partial charge in [0.25, 0.3) is 0 Å². The van der Waals surface area contributed by atoms with E-state index in [0.29, 0.717) is 30.3 Å². The first-order valence-electron chi connectivity index (χ1n) is 8.43. The molecule has 168 valence electrons. The molecule has 1 N–H and O–H groups in total. The van der Waals surface area contributed by atoms with Crippen LogP contribution in [0.4, 0.5) is 35.1 Å². The van der Waals surface area contributed by atoms with E-state index in [1.165, 1.54) is 0 Å². The third-order valence-electron chi connectivity index (χ3n) is 4.43. The lowest BCUT2D eigenvalue weighted by Crippen LogP contribution is -2.56. The fourth-order valence-corrected chi connectivity index (χ4v) is 3.03. The second-order valence-corrected chi connectivity index (χ2v) is 6.34. The average Bonchev–Trinajstić information content (AvgIpc) is 2.66. The first kappa shape index (κ1) is 23.0. The zero-order valence-electron chi connectivity index (χ0n) is 15.3. The van der Waals surface area contributed by atoms with Gasteiger partial charge in [0, 0.05) is 0 Å². The average molecular weight is 463 g/mol. The van der Waals surface area contributed by atoms with Crippen LogP contribution in [0.15, 0.2) is 48.5 Å². The third kappa shape index (κ3) is 3.74. The van der Waals surface area contributed by atoms with Crippen molar-refractivity contribution in [3.05, 3.63) is 77.5 Å². The number of rotatable bonds is 4. The Kier molecular flexibility index (Phi) is 5.62. The number of nitrogens with zero attached hydrogens (tertiary/aromatic N) is 3. The molecule has 0 spiro atoms.